The summed E-state index contributed by atoms with van der Waals surface area (Å²) in [6.45, 7) is 3.84. The molecule has 0 bridgehead atoms. The molecule has 1 aliphatic rings. The minimum absolute atomic E-state index is 0.00140. The van der Waals surface area contributed by atoms with Crippen LogP contribution in [0, 0.1) is 0 Å². The zero-order valence-electron chi connectivity index (χ0n) is 10.9. The van der Waals surface area contributed by atoms with Crippen LogP contribution in [0.5, 0.6) is 0 Å². The van der Waals surface area contributed by atoms with Crippen molar-refractivity contribution in [2.75, 3.05) is 11.3 Å². The third kappa shape index (κ3) is 3.31. The van der Waals surface area contributed by atoms with Crippen LogP contribution in [-0.2, 0) is 10.2 Å². The number of piperidine rings is 1. The molecule has 8 heteroatoms. The van der Waals surface area contributed by atoms with Gasteiger partial charge in [0.25, 0.3) is 0 Å². The Kier molecular flexibility index (Phi) is 4.22. The summed E-state index contributed by atoms with van der Waals surface area (Å²) in [6.07, 6.45) is 2.80. The predicted octanol–water partition coefficient (Wildman–Crippen LogP) is 1.88. The first kappa shape index (κ1) is 14.4. The van der Waals surface area contributed by atoms with Crippen LogP contribution in [0.4, 0.5) is 5.13 Å². The highest BCUT2D eigenvalue weighted by Crippen LogP contribution is 2.23. The molecule has 1 saturated heterocycles. The molecule has 1 aromatic rings. The molecule has 0 radical (unpaired) electrons. The van der Waals surface area contributed by atoms with Crippen LogP contribution >= 0.6 is 11.3 Å². The lowest BCUT2D eigenvalue weighted by molar-refractivity contribution is 0.101. The van der Waals surface area contributed by atoms with E-state index in [2.05, 4.69) is 9.71 Å². The maximum Gasteiger partial charge on any atom is 0.303 e. The van der Waals surface area contributed by atoms with Gasteiger partial charge in [0.2, 0.25) is 0 Å². The van der Waals surface area contributed by atoms with Crippen molar-refractivity contribution in [2.45, 2.75) is 39.2 Å². The van der Waals surface area contributed by atoms with Gasteiger partial charge in [0.05, 0.1) is 0 Å². The van der Waals surface area contributed by atoms with Crippen molar-refractivity contribution in [3.63, 3.8) is 0 Å². The van der Waals surface area contributed by atoms with E-state index in [1.807, 2.05) is 6.92 Å². The van der Waals surface area contributed by atoms with Gasteiger partial charge in [-0.2, -0.15) is 12.7 Å². The summed E-state index contributed by atoms with van der Waals surface area (Å²) in [6, 6.07) is -0.00140. The Morgan fingerprint density at radius 2 is 2.26 bits per heavy atom. The minimum atomic E-state index is -3.58. The second-order valence-corrected chi connectivity index (χ2v) is 7.14. The Morgan fingerprint density at radius 1 is 1.53 bits per heavy atom. The van der Waals surface area contributed by atoms with Crippen LogP contribution in [0.1, 0.15) is 43.6 Å². The highest BCUT2D eigenvalue weighted by atomic mass is 32.2. The number of nitrogens with one attached hydrogen (secondary N) is 1. The quantitative estimate of drug-likeness (QED) is 0.861. The van der Waals surface area contributed by atoms with Gasteiger partial charge >= 0.3 is 10.2 Å². The molecule has 0 aliphatic carbocycles. The molecule has 0 saturated carbocycles. The Hall–Kier alpha value is -0.990. The zero-order valence-corrected chi connectivity index (χ0v) is 12.6. The van der Waals surface area contributed by atoms with Gasteiger partial charge in [0.1, 0.15) is 5.69 Å². The number of rotatable bonds is 4. The predicted molar refractivity (Wildman–Crippen MR) is 74.7 cm³/mol. The normalized spacial score (nSPS) is 21.3. The number of nitrogens with zero attached hydrogens (tertiary/aromatic N) is 2. The molecule has 1 fully saturated rings. The Balaban J connectivity index is 2.13. The number of carbonyl (C=O) groups is 1. The monoisotopic (exact) mass is 303 g/mol. The molecule has 0 spiro atoms. The second kappa shape index (κ2) is 5.56. The van der Waals surface area contributed by atoms with E-state index in [1.54, 1.807) is 5.38 Å². The number of thiazole rings is 1. The lowest BCUT2D eigenvalue weighted by Crippen LogP contribution is -2.44. The molecular formula is C11H17N3O3S2. The van der Waals surface area contributed by atoms with Crippen LogP contribution in [-0.4, -0.2) is 36.1 Å². The summed E-state index contributed by atoms with van der Waals surface area (Å²) in [7, 11) is -3.58. The summed E-state index contributed by atoms with van der Waals surface area (Å²) in [5.74, 6) is -0.173. The maximum atomic E-state index is 12.2. The standard InChI is InChI=1S/C11H17N3O3S2/c1-8-5-3-4-6-14(8)19(16,17)13-11-12-10(7-18-11)9(2)15/h7-8H,3-6H2,1-2H3,(H,12,13). The van der Waals surface area contributed by atoms with Crippen molar-refractivity contribution >= 4 is 32.5 Å². The van der Waals surface area contributed by atoms with Crippen molar-refractivity contribution in [2.24, 2.45) is 0 Å². The van der Waals surface area contributed by atoms with Gasteiger partial charge in [0.15, 0.2) is 10.9 Å². The van der Waals surface area contributed by atoms with Gasteiger partial charge < -0.3 is 0 Å². The molecular weight excluding hydrogens is 286 g/mol. The minimum Gasteiger partial charge on any atom is -0.293 e. The molecule has 0 aromatic carbocycles. The summed E-state index contributed by atoms with van der Waals surface area (Å²) in [4.78, 5) is 15.1. The first-order valence-electron chi connectivity index (χ1n) is 6.16. The number of hydrogen-bond acceptors (Lipinski definition) is 5. The molecule has 0 amide bonds. The van der Waals surface area contributed by atoms with Gasteiger partial charge in [-0.1, -0.05) is 6.42 Å². The van der Waals surface area contributed by atoms with Crippen molar-refractivity contribution < 1.29 is 13.2 Å². The maximum absolute atomic E-state index is 12.2. The molecule has 1 N–H and O–H groups in total. The number of anilines is 1. The van der Waals surface area contributed by atoms with E-state index >= 15 is 0 Å². The summed E-state index contributed by atoms with van der Waals surface area (Å²) in [5, 5.41) is 1.79. The third-order valence-corrected chi connectivity index (χ3v) is 5.63. The lowest BCUT2D eigenvalue weighted by atomic mass is 10.1. The largest absolute Gasteiger partial charge is 0.303 e. The molecule has 2 rings (SSSR count). The molecule has 106 valence electrons. The fourth-order valence-electron chi connectivity index (χ4n) is 2.08. The van der Waals surface area contributed by atoms with Crippen molar-refractivity contribution in [1.82, 2.24) is 9.29 Å². The van der Waals surface area contributed by atoms with Crippen LogP contribution in [0.3, 0.4) is 0 Å². The van der Waals surface area contributed by atoms with Crippen molar-refractivity contribution in [1.29, 1.82) is 0 Å². The molecule has 1 aliphatic heterocycles. The third-order valence-electron chi connectivity index (χ3n) is 3.13. The highest BCUT2D eigenvalue weighted by Gasteiger charge is 2.30. The molecule has 2 heterocycles. The van der Waals surface area contributed by atoms with E-state index in [-0.39, 0.29) is 22.7 Å². The van der Waals surface area contributed by atoms with Gasteiger partial charge in [-0.15, -0.1) is 11.3 Å². The molecule has 19 heavy (non-hydrogen) atoms. The fourth-order valence-corrected chi connectivity index (χ4v) is 4.51. The number of ketones is 1. The highest BCUT2D eigenvalue weighted by molar-refractivity contribution is 7.90. The van der Waals surface area contributed by atoms with E-state index in [0.717, 1.165) is 30.6 Å². The van der Waals surface area contributed by atoms with E-state index in [0.29, 0.717) is 6.54 Å². The van der Waals surface area contributed by atoms with E-state index < -0.39 is 10.2 Å². The topological polar surface area (TPSA) is 79.4 Å². The summed E-state index contributed by atoms with van der Waals surface area (Å²) in [5.41, 5.74) is 0.286. The van der Waals surface area contributed by atoms with Crippen LogP contribution in [0.2, 0.25) is 0 Å². The number of Topliss-reactive ketones (excluding diaryl/α,β-unsaturated/α-hetero) is 1. The second-order valence-electron chi connectivity index (χ2n) is 4.66. The zero-order chi connectivity index (χ0) is 14.0. The first-order chi connectivity index (χ1) is 8.90. The summed E-state index contributed by atoms with van der Waals surface area (Å²) >= 11 is 1.12. The first-order valence-corrected chi connectivity index (χ1v) is 8.48. The summed E-state index contributed by atoms with van der Waals surface area (Å²) < 4.78 is 28.4. The Bertz CT molecular complexity index is 567. The number of aromatic nitrogens is 1. The van der Waals surface area contributed by atoms with Crippen LogP contribution < -0.4 is 4.72 Å². The fraction of sp³-hybridized carbons (Fsp3) is 0.636. The molecule has 1 atom stereocenters. The van der Waals surface area contributed by atoms with Gasteiger partial charge in [-0.25, -0.2) is 9.71 Å². The number of hydrogen-bond donors (Lipinski definition) is 1. The average Bonchev–Trinajstić information content (AvgIpc) is 2.77. The molecule has 1 unspecified atom stereocenters. The molecule has 1 aromatic heterocycles. The number of carbonyl (C=O) groups excluding carboxylic acids is 1. The van der Waals surface area contributed by atoms with E-state index in [4.69, 9.17) is 0 Å². The van der Waals surface area contributed by atoms with Gasteiger partial charge in [-0.05, 0) is 19.8 Å². The Labute approximate surface area is 117 Å². The average molecular weight is 303 g/mol. The van der Waals surface area contributed by atoms with Gasteiger partial charge in [-0.3, -0.25) is 4.79 Å². The van der Waals surface area contributed by atoms with Crippen LogP contribution in [0.15, 0.2) is 5.38 Å². The van der Waals surface area contributed by atoms with Crippen LogP contribution in [0.25, 0.3) is 0 Å². The lowest BCUT2D eigenvalue weighted by Gasteiger charge is -2.31. The Morgan fingerprint density at radius 3 is 2.84 bits per heavy atom. The SMILES string of the molecule is CC(=O)c1csc(NS(=O)(=O)N2CCCCC2C)n1. The van der Waals surface area contributed by atoms with E-state index in [1.165, 1.54) is 11.2 Å². The van der Waals surface area contributed by atoms with E-state index in [9.17, 15) is 13.2 Å². The van der Waals surface area contributed by atoms with Crippen molar-refractivity contribution in [3.8, 4) is 0 Å². The molecule has 6 nitrogen and oxygen atoms in total. The van der Waals surface area contributed by atoms with Gasteiger partial charge in [0, 0.05) is 24.9 Å². The smallest absolute Gasteiger partial charge is 0.293 e. The van der Waals surface area contributed by atoms with Crippen molar-refractivity contribution in [3.05, 3.63) is 11.1 Å².